The van der Waals surface area contributed by atoms with Gasteiger partial charge in [-0.25, -0.2) is 4.98 Å². The number of alkyl halides is 3. The largest absolute Gasteiger partial charge is 0.416 e. The molecule has 0 atom stereocenters. The van der Waals surface area contributed by atoms with E-state index in [1.54, 1.807) is 18.3 Å². The number of anilines is 1. The summed E-state index contributed by atoms with van der Waals surface area (Å²) in [7, 11) is 0. The van der Waals surface area contributed by atoms with Crippen molar-refractivity contribution in [2.45, 2.75) is 6.18 Å². The van der Waals surface area contributed by atoms with E-state index >= 15 is 0 Å². The van der Waals surface area contributed by atoms with Gasteiger partial charge in [0.25, 0.3) is 0 Å². The van der Waals surface area contributed by atoms with Crippen molar-refractivity contribution in [3.8, 4) is 22.6 Å². The van der Waals surface area contributed by atoms with Crippen LogP contribution in [0.4, 0.5) is 18.9 Å². The number of nitrogen functional groups attached to an aromatic ring is 1. The monoisotopic (exact) mass is 303 g/mol. The third-order valence-corrected chi connectivity index (χ3v) is 3.27. The molecule has 3 rings (SSSR count). The lowest BCUT2D eigenvalue weighted by atomic mass is 10.1. The topological polar surface area (TPSA) is 54.7 Å². The van der Waals surface area contributed by atoms with Crippen LogP contribution < -0.4 is 5.73 Å². The summed E-state index contributed by atoms with van der Waals surface area (Å²) in [6, 6.07) is 12.1. The first kappa shape index (κ1) is 14.2. The minimum atomic E-state index is -4.33. The molecule has 1 aromatic heterocycles. The van der Waals surface area contributed by atoms with Gasteiger partial charge < -0.3 is 10.7 Å². The second-order valence-electron chi connectivity index (χ2n) is 4.83. The van der Waals surface area contributed by atoms with E-state index in [1.165, 1.54) is 12.1 Å². The van der Waals surface area contributed by atoms with Gasteiger partial charge in [-0.3, -0.25) is 0 Å². The Hall–Kier alpha value is -2.76. The average molecular weight is 303 g/mol. The Morgan fingerprint density at radius 3 is 2.05 bits per heavy atom. The average Bonchev–Trinajstić information content (AvgIpc) is 2.97. The molecule has 3 N–H and O–H groups in total. The first-order valence-corrected chi connectivity index (χ1v) is 6.52. The Kier molecular flexibility index (Phi) is 3.36. The summed E-state index contributed by atoms with van der Waals surface area (Å²) in [5, 5.41) is 0. The molecular weight excluding hydrogens is 291 g/mol. The van der Waals surface area contributed by atoms with Gasteiger partial charge in [0.05, 0.1) is 11.3 Å². The number of imidazole rings is 1. The van der Waals surface area contributed by atoms with E-state index in [1.807, 2.05) is 12.1 Å². The second kappa shape index (κ2) is 5.22. The smallest absolute Gasteiger partial charge is 0.399 e. The zero-order valence-electron chi connectivity index (χ0n) is 11.4. The van der Waals surface area contributed by atoms with Gasteiger partial charge in [-0.05, 0) is 36.4 Å². The molecule has 1 heterocycles. The third-order valence-electron chi connectivity index (χ3n) is 3.27. The Bertz CT molecular complexity index is 772. The SMILES string of the molecule is Nc1ccc(-c2nc(-c3ccc(C(F)(F)F)cc3)c[nH]2)cc1. The van der Waals surface area contributed by atoms with Crippen molar-refractivity contribution in [1.82, 2.24) is 9.97 Å². The number of aromatic nitrogens is 2. The van der Waals surface area contributed by atoms with Gasteiger partial charge >= 0.3 is 6.18 Å². The summed E-state index contributed by atoms with van der Waals surface area (Å²) >= 11 is 0. The highest BCUT2D eigenvalue weighted by molar-refractivity contribution is 5.65. The molecule has 2 aromatic carbocycles. The number of nitrogens with two attached hydrogens (primary N) is 1. The first-order valence-electron chi connectivity index (χ1n) is 6.52. The van der Waals surface area contributed by atoms with Crippen molar-refractivity contribution in [3.05, 3.63) is 60.3 Å². The molecule has 3 nitrogen and oxygen atoms in total. The summed E-state index contributed by atoms with van der Waals surface area (Å²) < 4.78 is 37.6. The highest BCUT2D eigenvalue weighted by Crippen LogP contribution is 2.31. The van der Waals surface area contributed by atoms with Crippen LogP contribution in [-0.4, -0.2) is 9.97 Å². The van der Waals surface area contributed by atoms with Crippen LogP contribution >= 0.6 is 0 Å². The lowest BCUT2D eigenvalue weighted by molar-refractivity contribution is -0.137. The molecule has 3 aromatic rings. The van der Waals surface area contributed by atoms with Crippen molar-refractivity contribution in [2.75, 3.05) is 5.73 Å². The van der Waals surface area contributed by atoms with E-state index in [-0.39, 0.29) is 0 Å². The van der Waals surface area contributed by atoms with Crippen LogP contribution in [0.2, 0.25) is 0 Å². The number of nitrogens with zero attached hydrogens (tertiary/aromatic N) is 1. The molecule has 6 heteroatoms. The Labute approximate surface area is 124 Å². The van der Waals surface area contributed by atoms with Crippen LogP contribution in [0.1, 0.15) is 5.56 Å². The molecule has 0 bridgehead atoms. The number of nitrogens with one attached hydrogen (secondary N) is 1. The summed E-state index contributed by atoms with van der Waals surface area (Å²) in [5.74, 6) is 0.634. The van der Waals surface area contributed by atoms with Crippen molar-refractivity contribution >= 4 is 5.69 Å². The minimum Gasteiger partial charge on any atom is -0.399 e. The van der Waals surface area contributed by atoms with Crippen molar-refractivity contribution in [2.24, 2.45) is 0 Å². The number of hydrogen-bond acceptors (Lipinski definition) is 2. The van der Waals surface area contributed by atoms with Crippen LogP contribution in [0.5, 0.6) is 0 Å². The maximum absolute atomic E-state index is 12.5. The normalized spacial score (nSPS) is 11.6. The van der Waals surface area contributed by atoms with Gasteiger partial charge in [0.2, 0.25) is 0 Å². The number of benzene rings is 2. The zero-order chi connectivity index (χ0) is 15.7. The maximum atomic E-state index is 12.5. The Balaban J connectivity index is 1.89. The molecule has 22 heavy (non-hydrogen) atoms. The number of H-pyrrole nitrogens is 1. The predicted molar refractivity (Wildman–Crippen MR) is 78.9 cm³/mol. The summed E-state index contributed by atoms with van der Waals surface area (Å²) in [6.07, 6.45) is -2.67. The standard InChI is InChI=1S/C16H12F3N3/c17-16(18,19)12-5-1-10(2-6-12)14-9-21-15(22-14)11-3-7-13(20)8-4-11/h1-9H,20H2,(H,21,22). The van der Waals surface area contributed by atoms with Gasteiger partial charge in [0.1, 0.15) is 5.82 Å². The molecule has 0 fully saturated rings. The molecule has 0 aliphatic carbocycles. The van der Waals surface area contributed by atoms with Crippen molar-refractivity contribution in [3.63, 3.8) is 0 Å². The molecule has 0 aliphatic rings. The molecule has 0 amide bonds. The second-order valence-corrected chi connectivity index (χ2v) is 4.83. The molecule has 0 radical (unpaired) electrons. The van der Waals surface area contributed by atoms with E-state index in [9.17, 15) is 13.2 Å². The van der Waals surface area contributed by atoms with Crippen molar-refractivity contribution in [1.29, 1.82) is 0 Å². The van der Waals surface area contributed by atoms with Crippen LogP contribution in [0, 0.1) is 0 Å². The fraction of sp³-hybridized carbons (Fsp3) is 0.0625. The van der Waals surface area contributed by atoms with Crippen molar-refractivity contribution < 1.29 is 13.2 Å². The predicted octanol–water partition coefficient (Wildman–Crippen LogP) is 4.34. The minimum absolute atomic E-state index is 0.584. The van der Waals surface area contributed by atoms with Gasteiger partial charge in [-0.1, -0.05) is 12.1 Å². The van der Waals surface area contributed by atoms with E-state index in [2.05, 4.69) is 9.97 Å². The number of halogens is 3. The van der Waals surface area contributed by atoms with Gasteiger partial charge in [0, 0.05) is 23.0 Å². The van der Waals surface area contributed by atoms with E-state index in [4.69, 9.17) is 5.73 Å². The number of hydrogen-bond donors (Lipinski definition) is 2. The molecular formula is C16H12F3N3. The molecule has 0 aliphatic heterocycles. The van der Waals surface area contributed by atoms with Gasteiger partial charge in [-0.2, -0.15) is 13.2 Å². The Morgan fingerprint density at radius 2 is 1.45 bits per heavy atom. The first-order chi connectivity index (χ1) is 10.4. The maximum Gasteiger partial charge on any atom is 0.416 e. The molecule has 0 saturated carbocycles. The summed E-state index contributed by atoms with van der Waals surface area (Å²) in [6.45, 7) is 0. The van der Waals surface area contributed by atoms with E-state index in [0.29, 0.717) is 22.8 Å². The summed E-state index contributed by atoms with van der Waals surface area (Å²) in [4.78, 5) is 7.41. The highest BCUT2D eigenvalue weighted by atomic mass is 19.4. The lowest BCUT2D eigenvalue weighted by Gasteiger charge is -2.06. The molecule has 0 saturated heterocycles. The van der Waals surface area contributed by atoms with Crippen LogP contribution in [0.3, 0.4) is 0 Å². The van der Waals surface area contributed by atoms with Crippen LogP contribution in [0.25, 0.3) is 22.6 Å². The zero-order valence-corrected chi connectivity index (χ0v) is 11.4. The molecule has 112 valence electrons. The van der Waals surface area contributed by atoms with E-state index < -0.39 is 11.7 Å². The molecule has 0 spiro atoms. The summed E-state index contributed by atoms with van der Waals surface area (Å²) in [5.41, 5.74) is 7.66. The van der Waals surface area contributed by atoms with Gasteiger partial charge in [0.15, 0.2) is 0 Å². The third kappa shape index (κ3) is 2.81. The molecule has 0 unspecified atom stereocenters. The van der Waals surface area contributed by atoms with E-state index in [0.717, 1.165) is 17.7 Å². The fourth-order valence-electron chi connectivity index (χ4n) is 2.09. The quantitative estimate of drug-likeness (QED) is 0.692. The van der Waals surface area contributed by atoms with Gasteiger partial charge in [-0.15, -0.1) is 0 Å². The highest BCUT2D eigenvalue weighted by Gasteiger charge is 2.30. The van der Waals surface area contributed by atoms with Crippen LogP contribution in [0.15, 0.2) is 54.7 Å². The number of aromatic amines is 1. The lowest BCUT2D eigenvalue weighted by Crippen LogP contribution is -2.03. The number of rotatable bonds is 2. The van der Waals surface area contributed by atoms with Crippen LogP contribution in [-0.2, 0) is 6.18 Å². The fourth-order valence-corrected chi connectivity index (χ4v) is 2.09. The Morgan fingerprint density at radius 1 is 0.864 bits per heavy atom.